The number of benzene rings is 2. The van der Waals surface area contributed by atoms with Gasteiger partial charge in [0.15, 0.2) is 0 Å². The summed E-state index contributed by atoms with van der Waals surface area (Å²) < 4.78 is 5.67. The molecule has 1 saturated heterocycles. The lowest BCUT2D eigenvalue weighted by atomic mass is 10.2. The maximum absolute atomic E-state index is 12.5. The molecule has 3 aromatic rings. The Kier molecular flexibility index (Phi) is 6.66. The van der Waals surface area contributed by atoms with Gasteiger partial charge >= 0.3 is 0 Å². The van der Waals surface area contributed by atoms with Crippen LogP contribution in [0.3, 0.4) is 0 Å². The summed E-state index contributed by atoms with van der Waals surface area (Å²) in [6.07, 6.45) is 0.582. The molecule has 0 bridgehead atoms. The first kappa shape index (κ1) is 20.4. The first-order valence-electron chi connectivity index (χ1n) is 9.99. The highest BCUT2D eigenvalue weighted by atomic mass is 32.2. The van der Waals surface area contributed by atoms with Gasteiger partial charge < -0.3 is 19.5 Å². The number of carbonyl (C=O) groups is 1. The Hall–Kier alpha value is -2.84. The van der Waals surface area contributed by atoms with Gasteiger partial charge in [0.2, 0.25) is 11.8 Å². The summed E-state index contributed by atoms with van der Waals surface area (Å²) in [5.41, 5.74) is 3.01. The Balaban J connectivity index is 1.31. The molecule has 2 heterocycles. The van der Waals surface area contributed by atoms with Gasteiger partial charge in [0.25, 0.3) is 5.22 Å². The highest BCUT2D eigenvalue weighted by Crippen LogP contribution is 2.27. The molecule has 1 aliphatic rings. The first-order valence-corrected chi connectivity index (χ1v) is 11.0. The number of anilines is 2. The molecule has 1 aliphatic heterocycles. The SMILES string of the molecule is CN1CCN(c2ccccc2NC(=O)CSc2nnc(Cc3ccccc3)o2)CC1. The highest BCUT2D eigenvalue weighted by Gasteiger charge is 2.18. The van der Waals surface area contributed by atoms with Crippen molar-refractivity contribution >= 4 is 29.0 Å². The average molecular weight is 424 g/mol. The van der Waals surface area contributed by atoms with Gasteiger partial charge in [0.05, 0.1) is 23.5 Å². The standard InChI is InChI=1S/C22H25N5O2S/c1-26-11-13-27(14-12-26)19-10-6-5-9-18(19)23-20(28)16-30-22-25-24-21(29-22)15-17-7-3-2-4-8-17/h2-10H,11-16H2,1H3,(H,23,28). The summed E-state index contributed by atoms with van der Waals surface area (Å²) in [7, 11) is 2.13. The molecule has 0 atom stereocenters. The lowest BCUT2D eigenvalue weighted by Crippen LogP contribution is -2.44. The topological polar surface area (TPSA) is 74.5 Å². The molecule has 1 fully saturated rings. The second-order valence-electron chi connectivity index (χ2n) is 7.27. The third kappa shape index (κ3) is 5.40. The molecule has 1 amide bonds. The van der Waals surface area contributed by atoms with Crippen molar-refractivity contribution in [3.63, 3.8) is 0 Å². The van der Waals surface area contributed by atoms with Crippen molar-refractivity contribution in [3.8, 4) is 0 Å². The van der Waals surface area contributed by atoms with Crippen molar-refractivity contribution < 1.29 is 9.21 Å². The van der Waals surface area contributed by atoms with Gasteiger partial charge in [-0.1, -0.05) is 54.2 Å². The zero-order chi connectivity index (χ0) is 20.8. The number of piperazine rings is 1. The number of aromatic nitrogens is 2. The molecule has 0 aliphatic carbocycles. The number of nitrogens with one attached hydrogen (secondary N) is 1. The number of likely N-dealkylation sites (N-methyl/N-ethyl adjacent to an activating group) is 1. The van der Waals surface area contributed by atoms with Crippen LogP contribution in [0, 0.1) is 0 Å². The number of rotatable bonds is 7. The number of para-hydroxylation sites is 2. The van der Waals surface area contributed by atoms with Crippen molar-refractivity contribution in [2.45, 2.75) is 11.6 Å². The minimum Gasteiger partial charge on any atom is -0.416 e. The van der Waals surface area contributed by atoms with Crippen molar-refractivity contribution in [1.82, 2.24) is 15.1 Å². The molecule has 0 spiro atoms. The molecular weight excluding hydrogens is 398 g/mol. The average Bonchev–Trinajstić information content (AvgIpc) is 3.21. The number of amides is 1. The molecule has 156 valence electrons. The molecular formula is C22H25N5O2S. The molecule has 2 aromatic carbocycles. The summed E-state index contributed by atoms with van der Waals surface area (Å²) in [6.45, 7) is 3.93. The minimum atomic E-state index is -0.0932. The van der Waals surface area contributed by atoms with Gasteiger partial charge in [0.1, 0.15) is 0 Å². The maximum Gasteiger partial charge on any atom is 0.277 e. The fourth-order valence-electron chi connectivity index (χ4n) is 3.35. The van der Waals surface area contributed by atoms with Gasteiger partial charge in [-0.3, -0.25) is 4.79 Å². The summed E-state index contributed by atoms with van der Waals surface area (Å²) in [6, 6.07) is 17.9. The van der Waals surface area contributed by atoms with Crippen LogP contribution in [0.25, 0.3) is 0 Å². The molecule has 1 N–H and O–H groups in total. The van der Waals surface area contributed by atoms with Crippen molar-refractivity contribution in [2.75, 3.05) is 49.2 Å². The molecule has 8 heteroatoms. The summed E-state index contributed by atoms with van der Waals surface area (Å²) in [4.78, 5) is 17.1. The summed E-state index contributed by atoms with van der Waals surface area (Å²) in [5.74, 6) is 0.665. The Morgan fingerprint density at radius 3 is 2.57 bits per heavy atom. The van der Waals surface area contributed by atoms with E-state index in [-0.39, 0.29) is 11.7 Å². The maximum atomic E-state index is 12.5. The van der Waals surface area contributed by atoms with E-state index in [1.807, 2.05) is 48.5 Å². The van der Waals surface area contributed by atoms with Crippen LogP contribution in [0.2, 0.25) is 0 Å². The lowest BCUT2D eigenvalue weighted by molar-refractivity contribution is -0.113. The molecule has 0 unspecified atom stereocenters. The van der Waals surface area contributed by atoms with E-state index in [1.165, 1.54) is 11.8 Å². The van der Waals surface area contributed by atoms with Crippen LogP contribution in [-0.4, -0.2) is 60.0 Å². The number of carbonyl (C=O) groups excluding carboxylic acids is 1. The van der Waals surface area contributed by atoms with Crippen molar-refractivity contribution in [3.05, 3.63) is 66.1 Å². The van der Waals surface area contributed by atoms with Crippen molar-refractivity contribution in [2.24, 2.45) is 0 Å². The van der Waals surface area contributed by atoms with Gasteiger partial charge in [-0.2, -0.15) is 0 Å². The number of thioether (sulfide) groups is 1. The molecule has 1 aromatic heterocycles. The Morgan fingerprint density at radius 1 is 1.03 bits per heavy atom. The van der Waals surface area contributed by atoms with Gasteiger partial charge in [-0.25, -0.2) is 0 Å². The third-order valence-electron chi connectivity index (χ3n) is 5.00. The monoisotopic (exact) mass is 423 g/mol. The highest BCUT2D eigenvalue weighted by molar-refractivity contribution is 7.99. The normalized spacial score (nSPS) is 14.6. The van der Waals surface area contributed by atoms with Gasteiger partial charge in [0, 0.05) is 26.2 Å². The smallest absolute Gasteiger partial charge is 0.277 e. The zero-order valence-corrected chi connectivity index (χ0v) is 17.8. The molecule has 0 saturated carbocycles. The van der Waals surface area contributed by atoms with E-state index in [0.29, 0.717) is 17.5 Å². The molecule has 0 radical (unpaired) electrons. The quantitative estimate of drug-likeness (QED) is 0.585. The van der Waals surface area contributed by atoms with Crippen molar-refractivity contribution in [1.29, 1.82) is 0 Å². The van der Waals surface area contributed by atoms with E-state index in [9.17, 15) is 4.79 Å². The van der Waals surface area contributed by atoms with Crippen LogP contribution in [0.5, 0.6) is 0 Å². The minimum absolute atomic E-state index is 0.0932. The lowest BCUT2D eigenvalue weighted by Gasteiger charge is -2.35. The third-order valence-corrected chi connectivity index (χ3v) is 5.81. The van der Waals surface area contributed by atoms with Crippen LogP contribution in [0.15, 0.2) is 64.2 Å². The van der Waals surface area contributed by atoms with E-state index in [2.05, 4.69) is 38.4 Å². The summed E-state index contributed by atoms with van der Waals surface area (Å²) >= 11 is 1.25. The fraction of sp³-hybridized carbons (Fsp3) is 0.318. The second kappa shape index (κ2) is 9.77. The molecule has 4 rings (SSSR count). The van der Waals surface area contributed by atoms with E-state index >= 15 is 0 Å². The molecule has 30 heavy (non-hydrogen) atoms. The van der Waals surface area contributed by atoms with Gasteiger partial charge in [-0.15, -0.1) is 10.2 Å². The Labute approximate surface area is 180 Å². The van der Waals surface area contributed by atoms with Crippen LogP contribution in [-0.2, 0) is 11.2 Å². The fourth-order valence-corrected chi connectivity index (χ4v) is 3.93. The van der Waals surface area contributed by atoms with E-state index in [1.54, 1.807) is 0 Å². The predicted octanol–water partition coefficient (Wildman–Crippen LogP) is 3.14. The van der Waals surface area contributed by atoms with Crippen LogP contribution in [0.4, 0.5) is 11.4 Å². The Morgan fingerprint density at radius 2 is 1.77 bits per heavy atom. The summed E-state index contributed by atoms with van der Waals surface area (Å²) in [5, 5.41) is 11.6. The number of nitrogens with zero attached hydrogens (tertiary/aromatic N) is 4. The van der Waals surface area contributed by atoms with Gasteiger partial charge in [-0.05, 0) is 24.7 Å². The number of hydrogen-bond donors (Lipinski definition) is 1. The van der Waals surface area contributed by atoms with E-state index in [0.717, 1.165) is 43.1 Å². The van der Waals surface area contributed by atoms with Crippen LogP contribution >= 0.6 is 11.8 Å². The largest absolute Gasteiger partial charge is 0.416 e. The van der Waals surface area contributed by atoms with Crippen LogP contribution < -0.4 is 10.2 Å². The predicted molar refractivity (Wildman–Crippen MR) is 119 cm³/mol. The van der Waals surface area contributed by atoms with E-state index in [4.69, 9.17) is 4.42 Å². The number of hydrogen-bond acceptors (Lipinski definition) is 7. The second-order valence-corrected chi connectivity index (χ2v) is 8.19. The first-order chi connectivity index (χ1) is 14.7. The van der Waals surface area contributed by atoms with E-state index < -0.39 is 0 Å². The molecule has 7 nitrogen and oxygen atoms in total. The Bertz CT molecular complexity index is 970. The zero-order valence-electron chi connectivity index (χ0n) is 17.0. The van der Waals surface area contributed by atoms with Crippen LogP contribution in [0.1, 0.15) is 11.5 Å².